The number of nitrogens with zero attached hydrogens (tertiary/aromatic N) is 4. The van der Waals surface area contributed by atoms with Gasteiger partial charge in [0.25, 0.3) is 5.56 Å². The van der Waals surface area contributed by atoms with Gasteiger partial charge >= 0.3 is 0 Å². The second-order valence-corrected chi connectivity index (χ2v) is 10.2. The van der Waals surface area contributed by atoms with Crippen molar-refractivity contribution >= 4 is 28.3 Å². The Hall–Kier alpha value is -4.51. The number of aromatic amines is 1. The largest absolute Gasteiger partial charge is 0.310 e. The summed E-state index contributed by atoms with van der Waals surface area (Å²) in [6, 6.07) is 21.1. The molecule has 200 valence electrons. The maximum absolute atomic E-state index is 12.9. The number of pyridine rings is 2. The van der Waals surface area contributed by atoms with Crippen molar-refractivity contribution < 1.29 is 4.79 Å². The van der Waals surface area contributed by atoms with Gasteiger partial charge < -0.3 is 9.47 Å². The Labute approximate surface area is 237 Å². The Morgan fingerprint density at radius 2 is 1.85 bits per heavy atom. The molecule has 0 aliphatic carbocycles. The fourth-order valence-corrected chi connectivity index (χ4v) is 4.61. The monoisotopic (exact) mass is 549 g/mol. The number of benzene rings is 2. The number of aromatic nitrogens is 4. The van der Waals surface area contributed by atoms with Gasteiger partial charge in [0, 0.05) is 48.3 Å². The maximum atomic E-state index is 12.9. The van der Waals surface area contributed by atoms with Crippen LogP contribution in [0.2, 0.25) is 5.15 Å². The van der Waals surface area contributed by atoms with E-state index in [2.05, 4.69) is 70.3 Å². The van der Waals surface area contributed by atoms with Crippen LogP contribution in [0.5, 0.6) is 0 Å². The Kier molecular flexibility index (Phi) is 8.20. The number of fused-ring (bicyclic) bond motifs is 1. The number of ketones is 1. The Bertz CT molecular complexity index is 1780. The summed E-state index contributed by atoms with van der Waals surface area (Å²) in [6.45, 7) is 1.20. The third-order valence-electron chi connectivity index (χ3n) is 6.46. The zero-order valence-corrected chi connectivity index (χ0v) is 23.1. The van der Waals surface area contributed by atoms with Crippen molar-refractivity contribution in [1.82, 2.24) is 24.6 Å². The third-order valence-corrected chi connectivity index (χ3v) is 6.68. The van der Waals surface area contributed by atoms with Crippen LogP contribution in [-0.2, 0) is 13.1 Å². The first kappa shape index (κ1) is 27.1. The van der Waals surface area contributed by atoms with E-state index in [1.165, 1.54) is 10.1 Å². The van der Waals surface area contributed by atoms with Crippen LogP contribution in [0.4, 0.5) is 0 Å². The highest BCUT2D eigenvalue weighted by molar-refractivity contribution is 6.29. The Morgan fingerprint density at radius 1 is 1.05 bits per heavy atom. The molecule has 0 atom stereocenters. The lowest BCUT2D eigenvalue weighted by Crippen LogP contribution is -2.26. The lowest BCUT2D eigenvalue weighted by Gasteiger charge is -2.09. The van der Waals surface area contributed by atoms with Crippen molar-refractivity contribution in [3.63, 3.8) is 0 Å². The minimum Gasteiger partial charge on any atom is -0.310 e. The summed E-state index contributed by atoms with van der Waals surface area (Å²) < 4.78 is 1.50. The number of hydrogen-bond acceptors (Lipinski definition) is 5. The molecule has 5 rings (SSSR count). The lowest BCUT2D eigenvalue weighted by molar-refractivity contribution is 0.0982. The topological polar surface area (TPSA) is 83.9 Å². The molecule has 1 N–H and O–H groups in total. The number of H-pyrrole nitrogens is 1. The molecule has 2 aromatic carbocycles. The van der Waals surface area contributed by atoms with E-state index in [0.717, 1.165) is 39.8 Å². The van der Waals surface area contributed by atoms with E-state index in [1.54, 1.807) is 36.7 Å². The molecule has 40 heavy (non-hydrogen) atoms. The minimum absolute atomic E-state index is 0.160. The zero-order valence-electron chi connectivity index (χ0n) is 22.3. The number of hydrogen-bond donors (Lipinski definition) is 1. The van der Waals surface area contributed by atoms with E-state index in [1.807, 2.05) is 18.2 Å². The molecule has 0 saturated carbocycles. The molecule has 0 radical (unpaired) electrons. The van der Waals surface area contributed by atoms with Crippen molar-refractivity contribution in [3.05, 3.63) is 117 Å². The van der Waals surface area contributed by atoms with Gasteiger partial charge in [0.15, 0.2) is 5.78 Å². The van der Waals surface area contributed by atoms with E-state index in [-0.39, 0.29) is 23.3 Å². The van der Waals surface area contributed by atoms with Gasteiger partial charge in [0.2, 0.25) is 0 Å². The molecule has 0 amide bonds. The molecule has 0 aliphatic rings. The molecule has 0 aliphatic heterocycles. The average Bonchev–Trinajstić information content (AvgIpc) is 3.37. The summed E-state index contributed by atoms with van der Waals surface area (Å²) in [4.78, 5) is 31.8. The lowest BCUT2D eigenvalue weighted by atomic mass is 10.0. The molecule has 3 heterocycles. The van der Waals surface area contributed by atoms with Gasteiger partial charge in [-0.2, -0.15) is 5.10 Å². The van der Waals surface area contributed by atoms with Gasteiger partial charge in [-0.05, 0) is 61.6 Å². The van der Waals surface area contributed by atoms with Crippen LogP contribution in [-0.4, -0.2) is 44.5 Å². The molecule has 7 nitrogen and oxygen atoms in total. The van der Waals surface area contributed by atoms with Gasteiger partial charge in [-0.25, -0.2) is 4.98 Å². The predicted octanol–water partition coefficient (Wildman–Crippen LogP) is 5.56. The first-order valence-corrected chi connectivity index (χ1v) is 13.3. The van der Waals surface area contributed by atoms with E-state index in [4.69, 9.17) is 11.6 Å². The highest BCUT2D eigenvalue weighted by atomic mass is 35.5. The van der Waals surface area contributed by atoms with Crippen molar-refractivity contribution in [2.24, 2.45) is 0 Å². The molecule has 0 saturated heterocycles. The maximum Gasteiger partial charge on any atom is 0.261 e. The van der Waals surface area contributed by atoms with E-state index < -0.39 is 0 Å². The summed E-state index contributed by atoms with van der Waals surface area (Å²) in [6.07, 6.45) is 3.78. The van der Waals surface area contributed by atoms with Crippen molar-refractivity contribution in [3.8, 4) is 23.1 Å². The average molecular weight is 550 g/mol. The summed E-state index contributed by atoms with van der Waals surface area (Å²) in [5.41, 5.74) is 5.58. The highest BCUT2D eigenvalue weighted by Crippen LogP contribution is 2.27. The first-order valence-electron chi connectivity index (χ1n) is 12.9. The normalized spacial score (nSPS) is 11.0. The Morgan fingerprint density at radius 3 is 2.60 bits per heavy atom. The number of Topliss-reactive ketones (excluding diaryl/α,β-unsaturated/α-hetero) is 1. The standard InChI is InChI=1S/C32H28ClN5O2/c1-37(2)20-23-9-13-25(14-10-23)31-26-15-11-22(18-28(26)35-36-31)6-3-4-8-29(39)27-7-5-17-38(32(27)40)21-24-12-16-30(33)34-19-24/h5,7,9-19H,4,8,20-21H2,1-2H3,(H,35,36). The van der Waals surface area contributed by atoms with Crippen molar-refractivity contribution in [2.45, 2.75) is 25.9 Å². The van der Waals surface area contributed by atoms with Gasteiger partial charge in [-0.15, -0.1) is 0 Å². The second kappa shape index (κ2) is 12.1. The van der Waals surface area contributed by atoms with Crippen LogP contribution in [0.25, 0.3) is 22.2 Å². The van der Waals surface area contributed by atoms with Gasteiger partial charge in [-0.3, -0.25) is 14.7 Å². The van der Waals surface area contributed by atoms with E-state index >= 15 is 0 Å². The van der Waals surface area contributed by atoms with E-state index in [9.17, 15) is 9.59 Å². The fraction of sp³-hybridized carbons (Fsp3) is 0.188. The van der Waals surface area contributed by atoms with Gasteiger partial charge in [0.1, 0.15) is 5.15 Å². The van der Waals surface area contributed by atoms with Crippen LogP contribution in [0, 0.1) is 11.8 Å². The van der Waals surface area contributed by atoms with Crippen LogP contribution in [0.3, 0.4) is 0 Å². The smallest absolute Gasteiger partial charge is 0.261 e. The zero-order chi connectivity index (χ0) is 28.1. The summed E-state index contributed by atoms with van der Waals surface area (Å²) in [5, 5.41) is 9.04. The molecular formula is C32H28ClN5O2. The molecule has 0 bridgehead atoms. The summed E-state index contributed by atoms with van der Waals surface area (Å²) >= 11 is 5.84. The van der Waals surface area contributed by atoms with Gasteiger partial charge in [-0.1, -0.05) is 53.8 Å². The minimum atomic E-state index is -0.330. The van der Waals surface area contributed by atoms with Crippen LogP contribution in [0.1, 0.15) is 39.9 Å². The summed E-state index contributed by atoms with van der Waals surface area (Å²) in [5.74, 6) is 5.96. The molecule has 0 fully saturated rings. The molecule has 0 spiro atoms. The summed E-state index contributed by atoms with van der Waals surface area (Å²) in [7, 11) is 4.10. The van der Waals surface area contributed by atoms with Crippen LogP contribution < -0.4 is 5.56 Å². The number of carbonyl (C=O) groups excluding carboxylic acids is 1. The number of carbonyl (C=O) groups is 1. The molecule has 5 aromatic rings. The van der Waals surface area contributed by atoms with Crippen LogP contribution in [0.15, 0.2) is 83.9 Å². The second-order valence-electron chi connectivity index (χ2n) is 9.84. The fourth-order valence-electron chi connectivity index (χ4n) is 4.50. The third kappa shape index (κ3) is 6.37. The van der Waals surface area contributed by atoms with Crippen molar-refractivity contribution in [1.29, 1.82) is 0 Å². The van der Waals surface area contributed by atoms with E-state index in [0.29, 0.717) is 18.1 Å². The van der Waals surface area contributed by atoms with Crippen molar-refractivity contribution in [2.75, 3.05) is 14.1 Å². The molecule has 3 aromatic heterocycles. The number of rotatable bonds is 8. The number of nitrogens with one attached hydrogen (secondary N) is 1. The number of halogens is 1. The Balaban J connectivity index is 1.23. The molecule has 8 heteroatoms. The molecular weight excluding hydrogens is 522 g/mol. The first-order chi connectivity index (χ1) is 19.4. The predicted molar refractivity (Wildman–Crippen MR) is 158 cm³/mol. The quantitative estimate of drug-likeness (QED) is 0.155. The highest BCUT2D eigenvalue weighted by Gasteiger charge is 2.12. The van der Waals surface area contributed by atoms with Gasteiger partial charge in [0.05, 0.1) is 23.3 Å². The van der Waals surface area contributed by atoms with Crippen LogP contribution >= 0.6 is 11.6 Å². The SMILES string of the molecule is CN(C)Cc1ccc(-c2n[nH]c3cc(C#CCCC(=O)c4cccn(Cc5ccc(Cl)nc5)c4=O)ccc23)cc1. The molecule has 0 unspecified atom stereocenters.